The lowest BCUT2D eigenvalue weighted by Crippen LogP contribution is -2.40. The number of hydrogen-bond donors (Lipinski definition) is 1. The van der Waals surface area contributed by atoms with Crippen LogP contribution in [-0.4, -0.2) is 50.1 Å². The van der Waals surface area contributed by atoms with E-state index < -0.39 is 10.0 Å². The Morgan fingerprint density at radius 2 is 1.76 bits per heavy atom. The zero-order chi connectivity index (χ0) is 22.8. The summed E-state index contributed by atoms with van der Waals surface area (Å²) in [5.74, 6) is 0.671. The van der Waals surface area contributed by atoms with Crippen LogP contribution in [0.1, 0.15) is 16.1 Å². The summed E-state index contributed by atoms with van der Waals surface area (Å²) in [6.07, 6.45) is 0. The molecule has 9 nitrogen and oxygen atoms in total. The first-order valence-electron chi connectivity index (χ1n) is 10.4. The van der Waals surface area contributed by atoms with Gasteiger partial charge in [0.05, 0.1) is 24.7 Å². The van der Waals surface area contributed by atoms with Crippen LogP contribution in [0.2, 0.25) is 0 Å². The molecule has 1 fully saturated rings. The van der Waals surface area contributed by atoms with Gasteiger partial charge in [0.25, 0.3) is 5.91 Å². The number of nitrogens with zero attached hydrogens (tertiary/aromatic N) is 2. The summed E-state index contributed by atoms with van der Waals surface area (Å²) in [6.45, 7) is 1.53. The minimum atomic E-state index is -3.60. The number of morpholine rings is 1. The molecule has 0 saturated carbocycles. The molecule has 5 rings (SSSR count). The number of ether oxygens (including phenoxy) is 1. The number of para-hydroxylation sites is 1. The molecule has 3 heterocycles. The Bertz CT molecular complexity index is 1350. The second-order valence-corrected chi connectivity index (χ2v) is 9.49. The van der Waals surface area contributed by atoms with Crippen molar-refractivity contribution in [3.63, 3.8) is 0 Å². The lowest BCUT2D eigenvalue weighted by molar-refractivity contribution is 0.0730. The number of carbonyl (C=O) groups is 1. The van der Waals surface area contributed by atoms with Gasteiger partial charge in [-0.25, -0.2) is 8.42 Å². The second kappa shape index (κ2) is 8.81. The molecule has 2 aromatic heterocycles. The Morgan fingerprint density at radius 1 is 1.00 bits per heavy atom. The van der Waals surface area contributed by atoms with Crippen LogP contribution < -0.4 is 5.32 Å². The second-order valence-electron chi connectivity index (χ2n) is 7.55. The van der Waals surface area contributed by atoms with E-state index in [0.717, 1.165) is 11.0 Å². The fraction of sp³-hybridized carbons (Fsp3) is 0.217. The average molecular weight is 468 g/mol. The van der Waals surface area contributed by atoms with Crippen LogP contribution in [0.4, 0.5) is 0 Å². The van der Waals surface area contributed by atoms with Crippen molar-refractivity contribution in [2.75, 3.05) is 26.3 Å². The summed E-state index contributed by atoms with van der Waals surface area (Å²) in [5, 5.41) is 7.70. The van der Waals surface area contributed by atoms with Crippen LogP contribution in [0.5, 0.6) is 0 Å². The molecular formula is C23H21N3O6S. The quantitative estimate of drug-likeness (QED) is 0.463. The van der Waals surface area contributed by atoms with E-state index in [9.17, 15) is 13.2 Å². The van der Waals surface area contributed by atoms with Crippen molar-refractivity contribution in [1.29, 1.82) is 0 Å². The predicted molar refractivity (Wildman–Crippen MR) is 119 cm³/mol. The topological polar surface area (TPSA) is 115 Å². The number of sulfonamides is 1. The highest BCUT2D eigenvalue weighted by molar-refractivity contribution is 7.89. The number of aromatic nitrogens is 1. The molecular weight excluding hydrogens is 446 g/mol. The van der Waals surface area contributed by atoms with Crippen molar-refractivity contribution in [2.45, 2.75) is 11.4 Å². The molecule has 10 heteroatoms. The zero-order valence-corrected chi connectivity index (χ0v) is 18.4. The molecule has 1 N–H and O–H groups in total. The van der Waals surface area contributed by atoms with E-state index in [4.69, 9.17) is 13.7 Å². The monoisotopic (exact) mass is 467 g/mol. The van der Waals surface area contributed by atoms with Crippen molar-refractivity contribution in [1.82, 2.24) is 14.8 Å². The van der Waals surface area contributed by atoms with Crippen LogP contribution in [-0.2, 0) is 21.3 Å². The fourth-order valence-electron chi connectivity index (χ4n) is 3.60. The highest BCUT2D eigenvalue weighted by Gasteiger charge is 2.26. The van der Waals surface area contributed by atoms with E-state index in [1.54, 1.807) is 6.07 Å². The molecule has 33 heavy (non-hydrogen) atoms. The summed E-state index contributed by atoms with van der Waals surface area (Å²) >= 11 is 0. The van der Waals surface area contributed by atoms with Gasteiger partial charge in [0.1, 0.15) is 11.3 Å². The molecule has 170 valence electrons. The highest BCUT2D eigenvalue weighted by atomic mass is 32.2. The Hall–Kier alpha value is -3.47. The van der Waals surface area contributed by atoms with Crippen LogP contribution in [0.3, 0.4) is 0 Å². The van der Waals surface area contributed by atoms with Gasteiger partial charge in [-0.1, -0.05) is 23.4 Å². The number of carbonyl (C=O) groups excluding carboxylic acids is 1. The number of furan rings is 1. The van der Waals surface area contributed by atoms with Gasteiger partial charge in [0.2, 0.25) is 15.8 Å². The van der Waals surface area contributed by atoms with Gasteiger partial charge in [-0.05, 0) is 36.4 Å². The zero-order valence-electron chi connectivity index (χ0n) is 17.6. The summed E-state index contributed by atoms with van der Waals surface area (Å²) in [7, 11) is -3.60. The van der Waals surface area contributed by atoms with E-state index in [2.05, 4.69) is 10.5 Å². The van der Waals surface area contributed by atoms with E-state index in [-0.39, 0.29) is 17.3 Å². The number of nitrogens with one attached hydrogen (secondary N) is 1. The normalized spacial score (nSPS) is 15.0. The van der Waals surface area contributed by atoms with Gasteiger partial charge in [0.15, 0.2) is 5.76 Å². The van der Waals surface area contributed by atoms with Gasteiger partial charge in [0, 0.05) is 30.1 Å². The summed E-state index contributed by atoms with van der Waals surface area (Å²) in [5.41, 5.74) is 1.63. The first-order valence-corrected chi connectivity index (χ1v) is 11.9. The molecule has 0 unspecified atom stereocenters. The summed E-state index contributed by atoms with van der Waals surface area (Å²) < 4.78 is 43.1. The van der Waals surface area contributed by atoms with Crippen LogP contribution >= 0.6 is 0 Å². The van der Waals surface area contributed by atoms with Crippen LogP contribution in [0, 0.1) is 0 Å². The molecule has 4 aromatic rings. The van der Waals surface area contributed by atoms with Crippen molar-refractivity contribution in [2.24, 2.45) is 0 Å². The number of amides is 1. The molecule has 1 amide bonds. The lowest BCUT2D eigenvalue weighted by Gasteiger charge is -2.26. The van der Waals surface area contributed by atoms with Crippen molar-refractivity contribution in [3.05, 3.63) is 71.9 Å². The SMILES string of the molecule is O=C(NCc1cc(-c2cc3ccccc3o2)on1)c1ccc(S(=O)(=O)N2CCOCC2)cc1. The van der Waals surface area contributed by atoms with E-state index in [1.165, 1.54) is 28.6 Å². The molecule has 1 aliphatic heterocycles. The molecule has 0 spiro atoms. The van der Waals surface area contributed by atoms with Gasteiger partial charge < -0.3 is 19.0 Å². The Morgan fingerprint density at radius 3 is 2.52 bits per heavy atom. The number of hydrogen-bond acceptors (Lipinski definition) is 7. The maximum atomic E-state index is 12.7. The van der Waals surface area contributed by atoms with Gasteiger partial charge >= 0.3 is 0 Å². The molecule has 0 bridgehead atoms. The highest BCUT2D eigenvalue weighted by Crippen LogP contribution is 2.28. The number of fused-ring (bicyclic) bond motifs is 1. The molecule has 2 aromatic carbocycles. The lowest BCUT2D eigenvalue weighted by atomic mass is 10.2. The van der Waals surface area contributed by atoms with E-state index >= 15 is 0 Å². The first kappa shape index (κ1) is 21.4. The smallest absolute Gasteiger partial charge is 0.251 e. The van der Waals surface area contributed by atoms with Crippen molar-refractivity contribution >= 4 is 26.9 Å². The van der Waals surface area contributed by atoms with E-state index in [0.29, 0.717) is 49.1 Å². The third-order valence-corrected chi connectivity index (χ3v) is 7.29. The Kier molecular flexibility index (Phi) is 5.71. The largest absolute Gasteiger partial charge is 0.453 e. The minimum absolute atomic E-state index is 0.146. The van der Waals surface area contributed by atoms with Crippen molar-refractivity contribution in [3.8, 4) is 11.5 Å². The maximum Gasteiger partial charge on any atom is 0.251 e. The van der Waals surface area contributed by atoms with Gasteiger partial charge in [-0.3, -0.25) is 4.79 Å². The number of rotatable bonds is 6. The Balaban J connectivity index is 1.22. The summed E-state index contributed by atoms with van der Waals surface area (Å²) in [4.78, 5) is 12.7. The minimum Gasteiger partial charge on any atom is -0.453 e. The third-order valence-electron chi connectivity index (χ3n) is 5.38. The predicted octanol–water partition coefficient (Wildman–Crippen LogP) is 3.04. The van der Waals surface area contributed by atoms with Crippen LogP contribution in [0.25, 0.3) is 22.5 Å². The molecule has 0 aliphatic carbocycles. The molecule has 1 aliphatic rings. The summed E-state index contributed by atoms with van der Waals surface area (Å²) in [6, 6.07) is 17.1. The molecule has 0 radical (unpaired) electrons. The average Bonchev–Trinajstić information content (AvgIpc) is 3.50. The molecule has 0 atom stereocenters. The van der Waals surface area contributed by atoms with Crippen LogP contribution in [0.15, 0.2) is 74.5 Å². The maximum absolute atomic E-state index is 12.7. The van der Waals surface area contributed by atoms with E-state index in [1.807, 2.05) is 30.3 Å². The van der Waals surface area contributed by atoms with Crippen molar-refractivity contribution < 1.29 is 26.9 Å². The number of benzene rings is 2. The molecule has 1 saturated heterocycles. The standard InChI is InChI=1S/C23H21N3O6S/c27-23(16-5-7-19(8-6-16)33(28,29)26-9-11-30-12-10-26)24-15-18-14-22(32-25-18)21-13-17-3-1-2-4-20(17)31-21/h1-8,13-14H,9-12,15H2,(H,24,27). The third kappa shape index (κ3) is 4.40. The fourth-order valence-corrected chi connectivity index (χ4v) is 5.01. The first-order chi connectivity index (χ1) is 16.0. The Labute approximate surface area is 190 Å². The van der Waals surface area contributed by atoms with Gasteiger partial charge in [-0.15, -0.1) is 0 Å². The van der Waals surface area contributed by atoms with Gasteiger partial charge in [-0.2, -0.15) is 4.31 Å².